The lowest BCUT2D eigenvalue weighted by atomic mass is 10.1. The van der Waals surface area contributed by atoms with E-state index in [1.807, 2.05) is 32.8 Å². The van der Waals surface area contributed by atoms with Gasteiger partial charge in [-0.1, -0.05) is 0 Å². The number of ether oxygens (including phenoxy) is 2. The second kappa shape index (κ2) is 10.2. The third kappa shape index (κ3) is 6.43. The molecule has 0 radical (unpaired) electrons. The molecule has 0 fully saturated rings. The molecule has 29 heavy (non-hydrogen) atoms. The van der Waals surface area contributed by atoms with Crippen LogP contribution in [0.2, 0.25) is 0 Å². The largest absolute Gasteiger partial charge is 0.497 e. The molecule has 2 rings (SSSR count). The van der Waals surface area contributed by atoms with E-state index >= 15 is 0 Å². The second-order valence-electron chi connectivity index (χ2n) is 6.84. The molecule has 0 saturated carbocycles. The van der Waals surface area contributed by atoms with E-state index in [-0.39, 0.29) is 18.4 Å². The fourth-order valence-electron chi connectivity index (χ4n) is 2.54. The third-order valence-electron chi connectivity index (χ3n) is 4.31. The number of carbonyl (C=O) groups excluding carboxylic acids is 2. The average Bonchev–Trinajstić information content (AvgIpc) is 3.00. The SMILES string of the molecule is COc1cc(OC)cc(C(=O)N(CCN(C)C)CC(=O)Nc2nc(C)c(C)s2)c1. The molecular weight excluding hydrogens is 392 g/mol. The first kappa shape index (κ1) is 22.6. The van der Waals surface area contributed by atoms with Crippen molar-refractivity contribution in [1.82, 2.24) is 14.8 Å². The molecule has 0 unspecified atom stereocenters. The van der Waals surface area contributed by atoms with Gasteiger partial charge in [0.25, 0.3) is 5.91 Å². The number of thiazole rings is 1. The third-order valence-corrected chi connectivity index (χ3v) is 5.30. The van der Waals surface area contributed by atoms with Crippen molar-refractivity contribution in [3.63, 3.8) is 0 Å². The van der Waals surface area contributed by atoms with E-state index in [0.29, 0.717) is 35.3 Å². The van der Waals surface area contributed by atoms with Crippen LogP contribution in [0, 0.1) is 13.8 Å². The Balaban J connectivity index is 2.20. The molecule has 0 aliphatic heterocycles. The Morgan fingerprint density at radius 2 is 1.69 bits per heavy atom. The number of rotatable bonds is 9. The lowest BCUT2D eigenvalue weighted by Crippen LogP contribution is -2.41. The topological polar surface area (TPSA) is 84.0 Å². The van der Waals surface area contributed by atoms with E-state index in [1.165, 1.54) is 30.5 Å². The summed E-state index contributed by atoms with van der Waals surface area (Å²) in [6.45, 7) is 4.78. The van der Waals surface area contributed by atoms with Crippen molar-refractivity contribution in [3.05, 3.63) is 34.3 Å². The molecule has 0 aliphatic rings. The highest BCUT2D eigenvalue weighted by atomic mass is 32.1. The van der Waals surface area contributed by atoms with Crippen LogP contribution in [0.1, 0.15) is 20.9 Å². The first-order valence-electron chi connectivity index (χ1n) is 9.14. The van der Waals surface area contributed by atoms with Gasteiger partial charge in [-0.2, -0.15) is 0 Å². The Morgan fingerprint density at radius 1 is 1.07 bits per heavy atom. The van der Waals surface area contributed by atoms with Crippen molar-refractivity contribution in [1.29, 1.82) is 0 Å². The Labute approximate surface area is 175 Å². The summed E-state index contributed by atoms with van der Waals surface area (Å²) in [5, 5.41) is 3.32. The highest BCUT2D eigenvalue weighted by molar-refractivity contribution is 7.15. The number of methoxy groups -OCH3 is 2. The normalized spacial score (nSPS) is 10.7. The van der Waals surface area contributed by atoms with Crippen molar-refractivity contribution >= 4 is 28.3 Å². The maximum atomic E-state index is 13.1. The second-order valence-corrected chi connectivity index (χ2v) is 8.04. The van der Waals surface area contributed by atoms with Crippen LogP contribution in [-0.4, -0.2) is 74.5 Å². The summed E-state index contributed by atoms with van der Waals surface area (Å²) in [5.41, 5.74) is 1.28. The number of hydrogen-bond donors (Lipinski definition) is 1. The number of nitrogens with one attached hydrogen (secondary N) is 1. The van der Waals surface area contributed by atoms with Crippen molar-refractivity contribution in [2.24, 2.45) is 0 Å². The Kier molecular flexibility index (Phi) is 7.98. The summed E-state index contributed by atoms with van der Waals surface area (Å²) in [6.07, 6.45) is 0. The summed E-state index contributed by atoms with van der Waals surface area (Å²) in [4.78, 5) is 34.5. The molecule has 1 aromatic heterocycles. The summed E-state index contributed by atoms with van der Waals surface area (Å²) < 4.78 is 10.5. The van der Waals surface area contributed by atoms with E-state index in [9.17, 15) is 9.59 Å². The van der Waals surface area contributed by atoms with Crippen LogP contribution in [0.3, 0.4) is 0 Å². The fraction of sp³-hybridized carbons (Fsp3) is 0.450. The van der Waals surface area contributed by atoms with Crippen LogP contribution in [0.4, 0.5) is 5.13 Å². The van der Waals surface area contributed by atoms with Crippen LogP contribution in [0.25, 0.3) is 0 Å². The molecule has 158 valence electrons. The first-order valence-corrected chi connectivity index (χ1v) is 9.96. The Bertz CT molecular complexity index is 824. The molecule has 8 nitrogen and oxygen atoms in total. The Hall–Kier alpha value is -2.65. The van der Waals surface area contributed by atoms with Gasteiger partial charge in [-0.25, -0.2) is 4.98 Å². The van der Waals surface area contributed by atoms with E-state index in [2.05, 4.69) is 10.3 Å². The number of hydrogen-bond acceptors (Lipinski definition) is 7. The molecule has 1 N–H and O–H groups in total. The molecular formula is C20H28N4O4S. The number of aromatic nitrogens is 1. The van der Waals surface area contributed by atoms with Gasteiger partial charge < -0.3 is 24.6 Å². The van der Waals surface area contributed by atoms with Gasteiger partial charge in [-0.15, -0.1) is 11.3 Å². The van der Waals surface area contributed by atoms with Crippen LogP contribution in [0.5, 0.6) is 11.5 Å². The fourth-order valence-corrected chi connectivity index (χ4v) is 3.38. The predicted molar refractivity (Wildman–Crippen MR) is 114 cm³/mol. The number of aryl methyl sites for hydroxylation is 2. The van der Waals surface area contributed by atoms with E-state index in [1.54, 1.807) is 18.2 Å². The van der Waals surface area contributed by atoms with Gasteiger partial charge in [0.15, 0.2) is 5.13 Å². The van der Waals surface area contributed by atoms with Crippen LogP contribution < -0.4 is 14.8 Å². The standard InChI is InChI=1S/C20H28N4O4S/c1-13-14(2)29-20(21-13)22-18(25)12-24(8-7-23(3)4)19(26)15-9-16(27-5)11-17(10-15)28-6/h9-11H,7-8,12H2,1-6H3,(H,21,22,25). The van der Waals surface area contributed by atoms with Crippen LogP contribution in [0.15, 0.2) is 18.2 Å². The highest BCUT2D eigenvalue weighted by Crippen LogP contribution is 2.24. The molecule has 0 aliphatic carbocycles. The number of nitrogens with zero attached hydrogens (tertiary/aromatic N) is 3. The van der Waals surface area contributed by atoms with Gasteiger partial charge in [0.05, 0.1) is 19.9 Å². The maximum Gasteiger partial charge on any atom is 0.254 e. The lowest BCUT2D eigenvalue weighted by molar-refractivity contribution is -0.116. The Morgan fingerprint density at radius 3 is 2.17 bits per heavy atom. The molecule has 2 aromatic rings. The number of carbonyl (C=O) groups is 2. The molecule has 0 saturated heterocycles. The van der Waals surface area contributed by atoms with Gasteiger partial charge >= 0.3 is 0 Å². The van der Waals surface area contributed by atoms with Crippen molar-refractivity contribution in [2.75, 3.05) is 53.3 Å². The van der Waals surface area contributed by atoms with Gasteiger partial charge in [0, 0.05) is 29.6 Å². The summed E-state index contributed by atoms with van der Waals surface area (Å²) in [5.74, 6) is 0.461. The zero-order valence-electron chi connectivity index (χ0n) is 17.7. The number of anilines is 1. The molecule has 0 spiro atoms. The molecule has 0 atom stereocenters. The molecule has 1 aromatic carbocycles. The van der Waals surface area contributed by atoms with Crippen molar-refractivity contribution in [2.45, 2.75) is 13.8 Å². The van der Waals surface area contributed by atoms with Gasteiger partial charge in [0.1, 0.15) is 18.0 Å². The van der Waals surface area contributed by atoms with Gasteiger partial charge in [0.2, 0.25) is 5.91 Å². The molecule has 2 amide bonds. The summed E-state index contributed by atoms with van der Waals surface area (Å²) in [7, 11) is 6.88. The smallest absolute Gasteiger partial charge is 0.254 e. The minimum Gasteiger partial charge on any atom is -0.497 e. The zero-order chi connectivity index (χ0) is 21.6. The zero-order valence-corrected chi connectivity index (χ0v) is 18.6. The first-order chi connectivity index (χ1) is 13.7. The minimum absolute atomic E-state index is 0.0795. The predicted octanol–water partition coefficient (Wildman–Crippen LogP) is 2.42. The molecule has 9 heteroatoms. The van der Waals surface area contributed by atoms with E-state index in [0.717, 1.165) is 10.6 Å². The highest BCUT2D eigenvalue weighted by Gasteiger charge is 2.21. The molecule has 1 heterocycles. The number of likely N-dealkylation sites (N-methyl/N-ethyl adjacent to an activating group) is 1. The van der Waals surface area contributed by atoms with Crippen LogP contribution in [-0.2, 0) is 4.79 Å². The summed E-state index contributed by atoms with van der Waals surface area (Å²) in [6, 6.07) is 4.97. The number of amides is 2. The quantitative estimate of drug-likeness (QED) is 0.671. The minimum atomic E-state index is -0.291. The monoisotopic (exact) mass is 420 g/mol. The maximum absolute atomic E-state index is 13.1. The van der Waals surface area contributed by atoms with Gasteiger partial charge in [-0.3, -0.25) is 9.59 Å². The number of benzene rings is 1. The average molecular weight is 421 g/mol. The van der Waals surface area contributed by atoms with Crippen LogP contribution >= 0.6 is 11.3 Å². The van der Waals surface area contributed by atoms with E-state index < -0.39 is 0 Å². The molecule has 0 bridgehead atoms. The lowest BCUT2D eigenvalue weighted by Gasteiger charge is -2.24. The van der Waals surface area contributed by atoms with E-state index in [4.69, 9.17) is 9.47 Å². The van der Waals surface area contributed by atoms with Crippen molar-refractivity contribution < 1.29 is 19.1 Å². The van der Waals surface area contributed by atoms with Crippen molar-refractivity contribution in [3.8, 4) is 11.5 Å². The summed E-state index contributed by atoms with van der Waals surface area (Å²) >= 11 is 1.41. The van der Waals surface area contributed by atoms with Gasteiger partial charge in [-0.05, 0) is 40.1 Å².